The Kier molecular flexibility index (Phi) is 6.27. The number of carbonyl (C=O) groups excluding carboxylic acids is 1. The van der Waals surface area contributed by atoms with Crippen molar-refractivity contribution in [1.82, 2.24) is 15.5 Å². The van der Waals surface area contributed by atoms with Crippen LogP contribution in [0, 0.1) is 11.8 Å². The number of carbonyl (C=O) groups is 1. The quantitative estimate of drug-likeness (QED) is 0.848. The Morgan fingerprint density at radius 2 is 1.85 bits per heavy atom. The molecule has 3 rings (SSSR count). The first-order valence-corrected chi connectivity index (χ1v) is 9.57. The van der Waals surface area contributed by atoms with Gasteiger partial charge in [0.1, 0.15) is 5.75 Å². The standard InChI is InChI=1S/C21H28N4O2/c1-15(2)14-22-21(26)17-10-12-25(13-11-17)20-9-8-19(23-24-20)16-4-6-18(27-3)7-5-16/h4-9,15,17H,10-14H2,1-3H3,(H,22,26). The van der Waals surface area contributed by atoms with Gasteiger partial charge in [0, 0.05) is 31.1 Å². The number of methoxy groups -OCH3 is 1. The Morgan fingerprint density at radius 3 is 2.41 bits per heavy atom. The summed E-state index contributed by atoms with van der Waals surface area (Å²) in [5, 5.41) is 11.8. The Labute approximate surface area is 160 Å². The maximum Gasteiger partial charge on any atom is 0.223 e. The molecule has 1 aromatic heterocycles. The van der Waals surface area contributed by atoms with Gasteiger partial charge in [-0.25, -0.2) is 0 Å². The van der Waals surface area contributed by atoms with Crippen molar-refractivity contribution in [3.05, 3.63) is 36.4 Å². The zero-order valence-corrected chi connectivity index (χ0v) is 16.3. The van der Waals surface area contributed by atoms with E-state index >= 15 is 0 Å². The molecule has 1 aliphatic rings. The largest absolute Gasteiger partial charge is 0.497 e. The molecule has 0 saturated carbocycles. The molecular formula is C21H28N4O2. The first-order chi connectivity index (χ1) is 13.1. The van der Waals surface area contributed by atoms with Crippen molar-refractivity contribution in [2.45, 2.75) is 26.7 Å². The van der Waals surface area contributed by atoms with Gasteiger partial charge in [0.05, 0.1) is 12.8 Å². The van der Waals surface area contributed by atoms with Crippen molar-refractivity contribution >= 4 is 11.7 Å². The number of aromatic nitrogens is 2. The average Bonchev–Trinajstić information content (AvgIpc) is 2.72. The lowest BCUT2D eigenvalue weighted by Crippen LogP contribution is -2.41. The van der Waals surface area contributed by atoms with Gasteiger partial charge in [-0.15, -0.1) is 10.2 Å². The lowest BCUT2D eigenvalue weighted by molar-refractivity contribution is -0.125. The number of amides is 1. The molecule has 1 fully saturated rings. The van der Waals surface area contributed by atoms with Crippen LogP contribution >= 0.6 is 0 Å². The summed E-state index contributed by atoms with van der Waals surface area (Å²) in [6.07, 6.45) is 1.71. The number of benzene rings is 1. The summed E-state index contributed by atoms with van der Waals surface area (Å²) in [5.41, 5.74) is 1.85. The summed E-state index contributed by atoms with van der Waals surface area (Å²) in [4.78, 5) is 14.4. The molecule has 1 aliphatic heterocycles. The first-order valence-electron chi connectivity index (χ1n) is 9.57. The SMILES string of the molecule is COc1ccc(-c2ccc(N3CCC(C(=O)NCC(C)C)CC3)nn2)cc1. The van der Waals surface area contributed by atoms with Crippen LogP contribution in [0.3, 0.4) is 0 Å². The molecule has 1 saturated heterocycles. The van der Waals surface area contributed by atoms with Gasteiger partial charge >= 0.3 is 0 Å². The fourth-order valence-electron chi connectivity index (χ4n) is 3.23. The second-order valence-electron chi connectivity index (χ2n) is 7.41. The minimum atomic E-state index is 0.103. The van der Waals surface area contributed by atoms with Crippen LogP contribution in [0.25, 0.3) is 11.3 Å². The average molecular weight is 368 g/mol. The van der Waals surface area contributed by atoms with Gasteiger partial charge in [-0.05, 0) is 55.2 Å². The number of hydrogen-bond donors (Lipinski definition) is 1. The smallest absolute Gasteiger partial charge is 0.223 e. The highest BCUT2D eigenvalue weighted by molar-refractivity contribution is 5.79. The van der Waals surface area contributed by atoms with E-state index in [4.69, 9.17) is 4.74 Å². The minimum absolute atomic E-state index is 0.103. The number of nitrogens with one attached hydrogen (secondary N) is 1. The lowest BCUT2D eigenvalue weighted by Gasteiger charge is -2.32. The number of piperidine rings is 1. The molecule has 0 bridgehead atoms. The molecule has 6 nitrogen and oxygen atoms in total. The predicted octanol–water partition coefficient (Wildman–Crippen LogP) is 3.14. The van der Waals surface area contributed by atoms with Crippen LogP contribution in [-0.4, -0.2) is 42.8 Å². The van der Waals surface area contributed by atoms with E-state index in [0.717, 1.165) is 55.3 Å². The highest BCUT2D eigenvalue weighted by Gasteiger charge is 2.25. The Bertz CT molecular complexity index is 736. The summed E-state index contributed by atoms with van der Waals surface area (Å²) in [7, 11) is 1.65. The molecule has 2 heterocycles. The van der Waals surface area contributed by atoms with Crippen molar-refractivity contribution in [2.24, 2.45) is 11.8 Å². The molecule has 144 valence electrons. The molecule has 27 heavy (non-hydrogen) atoms. The van der Waals surface area contributed by atoms with Crippen LogP contribution in [-0.2, 0) is 4.79 Å². The first kappa shape index (κ1) is 19.1. The Morgan fingerprint density at radius 1 is 1.15 bits per heavy atom. The molecule has 0 radical (unpaired) electrons. The van der Waals surface area contributed by atoms with Gasteiger partial charge in [-0.1, -0.05) is 13.8 Å². The second kappa shape index (κ2) is 8.84. The van der Waals surface area contributed by atoms with E-state index in [-0.39, 0.29) is 11.8 Å². The monoisotopic (exact) mass is 368 g/mol. The summed E-state index contributed by atoms with van der Waals surface area (Å²) in [6, 6.07) is 11.8. The van der Waals surface area contributed by atoms with Crippen LogP contribution in [0.4, 0.5) is 5.82 Å². The number of ether oxygens (including phenoxy) is 1. The van der Waals surface area contributed by atoms with E-state index in [1.165, 1.54) is 0 Å². The number of nitrogens with zero attached hydrogens (tertiary/aromatic N) is 3. The van der Waals surface area contributed by atoms with E-state index in [9.17, 15) is 4.79 Å². The molecular weight excluding hydrogens is 340 g/mol. The summed E-state index contributed by atoms with van der Waals surface area (Å²) < 4.78 is 5.18. The van der Waals surface area contributed by atoms with Crippen molar-refractivity contribution in [2.75, 3.05) is 31.6 Å². The normalized spacial score (nSPS) is 15.0. The van der Waals surface area contributed by atoms with Gasteiger partial charge in [0.2, 0.25) is 5.91 Å². The lowest BCUT2D eigenvalue weighted by atomic mass is 9.95. The fraction of sp³-hybridized carbons (Fsp3) is 0.476. The Hall–Kier alpha value is -2.63. The third-order valence-corrected chi connectivity index (χ3v) is 4.91. The third kappa shape index (κ3) is 4.96. The van der Waals surface area contributed by atoms with Crippen LogP contribution < -0.4 is 15.0 Å². The molecule has 1 aromatic carbocycles. The van der Waals surface area contributed by atoms with Crippen molar-refractivity contribution in [3.63, 3.8) is 0 Å². The predicted molar refractivity (Wildman–Crippen MR) is 107 cm³/mol. The van der Waals surface area contributed by atoms with Crippen LogP contribution in [0.5, 0.6) is 5.75 Å². The van der Waals surface area contributed by atoms with Gasteiger partial charge in [0.15, 0.2) is 5.82 Å². The minimum Gasteiger partial charge on any atom is -0.497 e. The topological polar surface area (TPSA) is 67.3 Å². The van der Waals surface area contributed by atoms with E-state index in [1.54, 1.807) is 7.11 Å². The highest BCUT2D eigenvalue weighted by Crippen LogP contribution is 2.24. The van der Waals surface area contributed by atoms with Crippen LogP contribution in [0.1, 0.15) is 26.7 Å². The fourth-order valence-corrected chi connectivity index (χ4v) is 3.23. The van der Waals surface area contributed by atoms with Crippen molar-refractivity contribution < 1.29 is 9.53 Å². The van der Waals surface area contributed by atoms with E-state index < -0.39 is 0 Å². The summed E-state index contributed by atoms with van der Waals surface area (Å²) in [5.74, 6) is 2.46. The van der Waals surface area contributed by atoms with Gasteiger partial charge in [0.25, 0.3) is 0 Å². The van der Waals surface area contributed by atoms with Crippen molar-refractivity contribution in [3.8, 4) is 17.0 Å². The van der Waals surface area contributed by atoms with E-state index in [1.807, 2.05) is 36.4 Å². The summed E-state index contributed by atoms with van der Waals surface area (Å²) in [6.45, 7) is 6.62. The molecule has 1 N–H and O–H groups in total. The van der Waals surface area contributed by atoms with Gasteiger partial charge in [-0.3, -0.25) is 4.79 Å². The number of rotatable bonds is 6. The maximum absolute atomic E-state index is 12.2. The number of hydrogen-bond acceptors (Lipinski definition) is 5. The molecule has 6 heteroatoms. The van der Waals surface area contributed by atoms with Crippen molar-refractivity contribution in [1.29, 1.82) is 0 Å². The number of anilines is 1. The third-order valence-electron chi connectivity index (χ3n) is 4.91. The second-order valence-corrected chi connectivity index (χ2v) is 7.41. The van der Waals surface area contributed by atoms with Gasteiger partial charge < -0.3 is 15.0 Å². The molecule has 0 spiro atoms. The zero-order valence-electron chi connectivity index (χ0n) is 16.3. The zero-order chi connectivity index (χ0) is 19.2. The van der Waals surface area contributed by atoms with Gasteiger partial charge in [-0.2, -0.15) is 0 Å². The van der Waals surface area contributed by atoms with E-state index in [0.29, 0.717) is 5.92 Å². The molecule has 1 amide bonds. The Balaban J connectivity index is 1.56. The molecule has 0 atom stereocenters. The van der Waals surface area contributed by atoms with Crippen LogP contribution in [0.2, 0.25) is 0 Å². The maximum atomic E-state index is 12.2. The van der Waals surface area contributed by atoms with E-state index in [2.05, 4.69) is 34.3 Å². The summed E-state index contributed by atoms with van der Waals surface area (Å²) >= 11 is 0. The molecule has 0 unspecified atom stereocenters. The highest BCUT2D eigenvalue weighted by atomic mass is 16.5. The van der Waals surface area contributed by atoms with Crippen LogP contribution in [0.15, 0.2) is 36.4 Å². The molecule has 0 aliphatic carbocycles. The molecule has 2 aromatic rings.